The normalized spacial score (nSPS) is 12.2. The molecule has 13 heteroatoms. The molecule has 11 nitrogen and oxygen atoms in total. The van der Waals surface area contributed by atoms with Gasteiger partial charge in [0.15, 0.2) is 0 Å². The maximum absolute atomic E-state index is 13.6. The third kappa shape index (κ3) is 10.2. The summed E-state index contributed by atoms with van der Waals surface area (Å²) in [6.45, 7) is 1.71. The fraction of sp³-hybridized carbons (Fsp3) is 0.163. The fourth-order valence-corrected chi connectivity index (χ4v) is 7.24. The Labute approximate surface area is 361 Å². The van der Waals surface area contributed by atoms with E-state index >= 15 is 0 Å². The van der Waals surface area contributed by atoms with Crippen LogP contribution < -0.4 is 24.8 Å². The molecule has 2 amide bonds. The third-order valence-corrected chi connectivity index (χ3v) is 10.4. The van der Waals surface area contributed by atoms with E-state index in [1.807, 2.05) is 66.7 Å². The molecule has 0 bridgehead atoms. The Morgan fingerprint density at radius 3 is 2.34 bits per heavy atom. The number of ether oxygens (including phenoxy) is 4. The summed E-state index contributed by atoms with van der Waals surface area (Å²) in [4.78, 5) is 45.4. The van der Waals surface area contributed by atoms with Crippen LogP contribution in [0.15, 0.2) is 134 Å². The summed E-state index contributed by atoms with van der Waals surface area (Å²) in [7, 11) is 0. The maximum atomic E-state index is 13.6. The Morgan fingerprint density at radius 2 is 1.48 bits per heavy atom. The van der Waals surface area contributed by atoms with Crippen molar-refractivity contribution in [2.24, 2.45) is 0 Å². The molecule has 1 aliphatic heterocycles. The molecule has 6 aromatic carbocycles. The van der Waals surface area contributed by atoms with Gasteiger partial charge in [-0.2, -0.15) is 0 Å². The van der Waals surface area contributed by atoms with Crippen LogP contribution in [0.1, 0.15) is 51.1 Å². The van der Waals surface area contributed by atoms with Gasteiger partial charge in [0.25, 0.3) is 17.6 Å². The van der Waals surface area contributed by atoms with Crippen molar-refractivity contribution < 1.29 is 37.7 Å². The third-order valence-electron chi connectivity index (χ3n) is 10.1. The zero-order valence-corrected chi connectivity index (χ0v) is 34.1. The van der Waals surface area contributed by atoms with Gasteiger partial charge in [0.1, 0.15) is 54.2 Å². The van der Waals surface area contributed by atoms with Gasteiger partial charge in [0.05, 0.1) is 22.7 Å². The van der Waals surface area contributed by atoms with Crippen LogP contribution in [0.25, 0.3) is 22.0 Å². The average molecular weight is 851 g/mol. The molecule has 0 spiro atoms. The highest BCUT2D eigenvalue weighted by molar-refractivity contribution is 6.49. The van der Waals surface area contributed by atoms with Gasteiger partial charge in [0.2, 0.25) is 0 Å². The van der Waals surface area contributed by atoms with Crippen molar-refractivity contribution in [1.29, 1.82) is 0 Å². The van der Waals surface area contributed by atoms with E-state index in [0.717, 1.165) is 64.7 Å². The molecule has 1 aliphatic rings. The van der Waals surface area contributed by atoms with Gasteiger partial charge in [-0.15, -0.1) is 0 Å². The van der Waals surface area contributed by atoms with Gasteiger partial charge >= 0.3 is 0 Å². The van der Waals surface area contributed by atoms with E-state index in [9.17, 15) is 18.8 Å². The Morgan fingerprint density at radius 1 is 0.661 bits per heavy atom. The molecule has 0 atom stereocenters. The van der Waals surface area contributed by atoms with Crippen LogP contribution in [0.3, 0.4) is 0 Å². The molecule has 0 fully saturated rings. The molecular weight excluding hydrogens is 811 g/mol. The monoisotopic (exact) mass is 850 g/mol. The Balaban J connectivity index is 0.761. The smallest absolute Gasteiger partial charge is 0.299 e. The van der Waals surface area contributed by atoms with Crippen LogP contribution in [0.4, 0.5) is 15.9 Å². The number of carbonyl (C=O) groups is 3. The second-order valence-corrected chi connectivity index (χ2v) is 14.9. The van der Waals surface area contributed by atoms with Crippen LogP contribution in [0.2, 0.25) is 5.02 Å². The highest BCUT2D eigenvalue weighted by Gasteiger charge is 2.33. The number of benzene rings is 6. The number of unbranched alkanes of at least 4 members (excludes halogenated alkanes) is 2. The summed E-state index contributed by atoms with van der Waals surface area (Å²) in [6, 6.07) is 37.8. The lowest BCUT2D eigenvalue weighted by atomic mass is 9.98. The number of nitrogens with zero attached hydrogens (tertiary/aromatic N) is 2. The fourth-order valence-electron chi connectivity index (χ4n) is 7.01. The molecule has 312 valence electrons. The van der Waals surface area contributed by atoms with Crippen LogP contribution in [-0.4, -0.2) is 47.4 Å². The van der Waals surface area contributed by atoms with Crippen molar-refractivity contribution in [2.45, 2.75) is 32.3 Å². The van der Waals surface area contributed by atoms with Crippen molar-refractivity contribution in [3.8, 4) is 34.1 Å². The lowest BCUT2D eigenvalue weighted by molar-refractivity contribution is -0.116. The molecule has 0 saturated heterocycles. The van der Waals surface area contributed by atoms with E-state index in [-0.39, 0.29) is 29.3 Å². The second-order valence-electron chi connectivity index (χ2n) is 14.5. The average Bonchev–Trinajstić information content (AvgIpc) is 3.28. The lowest BCUT2D eigenvalue weighted by Gasteiger charge is -2.17. The molecular formula is C49H40ClFN4O7. The summed E-state index contributed by atoms with van der Waals surface area (Å²) in [6.07, 6.45) is 5.19. The van der Waals surface area contributed by atoms with Crippen molar-refractivity contribution in [2.75, 3.05) is 25.1 Å². The molecule has 2 N–H and O–H groups in total. The summed E-state index contributed by atoms with van der Waals surface area (Å²) < 4.78 is 37.1. The number of fused-ring (bicyclic) bond motifs is 2. The number of hydrogen-bond acceptors (Lipinski definition) is 10. The van der Waals surface area contributed by atoms with Crippen molar-refractivity contribution in [1.82, 2.24) is 15.3 Å². The number of aryl methyl sites for hydroxylation is 1. The van der Waals surface area contributed by atoms with E-state index in [1.54, 1.807) is 42.5 Å². The van der Waals surface area contributed by atoms with E-state index < -0.39 is 17.6 Å². The minimum Gasteiger partial charge on any atom is -0.491 e. The number of rotatable bonds is 18. The predicted molar refractivity (Wildman–Crippen MR) is 234 cm³/mol. The summed E-state index contributed by atoms with van der Waals surface area (Å²) in [5.74, 6) is -0.0652. The Kier molecular flexibility index (Phi) is 13.1. The first kappa shape index (κ1) is 41.6. The Hall–Kier alpha value is -7.15. The van der Waals surface area contributed by atoms with Crippen LogP contribution >= 0.6 is 11.6 Å². The predicted octanol–water partition coefficient (Wildman–Crippen LogP) is 10.5. The summed E-state index contributed by atoms with van der Waals surface area (Å²) >= 11 is 6.55. The standard InChI is InChI=1S/C49H40ClFN4O7/c50-41-28-36(17-21-43(41)61-29-32-9-4-10-35(51)25-32)54-47-40-27-34(16-20-42(40)52-30-53-47)33-14-18-37(19-15-33)60-24-23-59-22-3-1-2-7-31-8-5-11-38(26-31)62-44-13-6-12-39-45(44)48(57)55-49(58)46(39)56/h4-6,8-21,25-28,30H,1-3,7,22-24,29H2,(H,52,53,54)(H,55,57,58). The van der Waals surface area contributed by atoms with Gasteiger partial charge < -0.3 is 24.3 Å². The van der Waals surface area contributed by atoms with Crippen molar-refractivity contribution in [3.63, 3.8) is 0 Å². The summed E-state index contributed by atoms with van der Waals surface area (Å²) in [5, 5.41) is 6.67. The number of amides is 2. The summed E-state index contributed by atoms with van der Waals surface area (Å²) in [5.41, 5.74) is 5.38. The number of ketones is 1. The highest BCUT2D eigenvalue weighted by Crippen LogP contribution is 2.34. The van der Waals surface area contributed by atoms with Gasteiger partial charge in [0, 0.05) is 23.2 Å². The Bertz CT molecular complexity index is 2770. The van der Waals surface area contributed by atoms with E-state index in [2.05, 4.69) is 20.6 Å². The molecule has 0 saturated carbocycles. The zero-order valence-electron chi connectivity index (χ0n) is 33.4. The molecule has 62 heavy (non-hydrogen) atoms. The zero-order chi connectivity index (χ0) is 42.8. The molecule has 0 radical (unpaired) electrons. The number of carbonyl (C=O) groups excluding carboxylic acids is 3. The van der Waals surface area contributed by atoms with Crippen LogP contribution in [0.5, 0.6) is 23.0 Å². The first-order chi connectivity index (χ1) is 30.3. The van der Waals surface area contributed by atoms with Crippen LogP contribution in [-0.2, 0) is 22.6 Å². The maximum Gasteiger partial charge on any atom is 0.299 e. The topological polar surface area (TPSA) is 138 Å². The number of aromatic nitrogens is 2. The SMILES string of the molecule is O=C1NC(=O)c2c(Oc3cccc(CCCCCOCCOc4ccc(-c5ccc6ncnc(Nc7ccc(OCc8cccc(F)c8)c(Cl)c7)c6c5)cc4)c3)cccc2C1=O. The number of anilines is 2. The molecule has 8 rings (SSSR count). The van der Waals surface area contributed by atoms with Gasteiger partial charge in [-0.25, -0.2) is 14.4 Å². The molecule has 0 unspecified atom stereocenters. The van der Waals surface area contributed by atoms with Crippen LogP contribution in [0, 0.1) is 5.82 Å². The van der Waals surface area contributed by atoms with Gasteiger partial charge in [-0.1, -0.05) is 66.6 Å². The lowest BCUT2D eigenvalue weighted by Crippen LogP contribution is -2.42. The second kappa shape index (κ2) is 19.5. The largest absolute Gasteiger partial charge is 0.491 e. The van der Waals surface area contributed by atoms with Gasteiger partial charge in [-0.3, -0.25) is 19.7 Å². The minimum atomic E-state index is -0.941. The number of halogens is 2. The quantitative estimate of drug-likeness (QED) is 0.0487. The molecule has 0 aliphatic carbocycles. The first-order valence-corrected chi connectivity index (χ1v) is 20.4. The first-order valence-electron chi connectivity index (χ1n) is 20.1. The number of hydrogen-bond donors (Lipinski definition) is 2. The van der Waals surface area contributed by atoms with E-state index in [1.165, 1.54) is 24.5 Å². The van der Waals surface area contributed by atoms with E-state index in [4.69, 9.17) is 30.5 Å². The molecule has 1 aromatic heterocycles. The highest BCUT2D eigenvalue weighted by atomic mass is 35.5. The van der Waals surface area contributed by atoms with Gasteiger partial charge in [-0.05, 0) is 120 Å². The molecule has 2 heterocycles. The van der Waals surface area contributed by atoms with Crippen molar-refractivity contribution in [3.05, 3.63) is 167 Å². The number of Topliss-reactive ketones (excluding diaryl/α,β-unsaturated/α-hetero) is 1. The number of imide groups is 1. The van der Waals surface area contributed by atoms with E-state index in [0.29, 0.717) is 47.7 Å². The van der Waals surface area contributed by atoms with Crippen molar-refractivity contribution >= 4 is 51.6 Å². The minimum absolute atomic E-state index is 0.0370. The molecule has 7 aromatic rings. The number of nitrogens with one attached hydrogen (secondary N) is 2.